The van der Waals surface area contributed by atoms with Gasteiger partial charge in [-0.3, -0.25) is 4.79 Å². The van der Waals surface area contributed by atoms with Gasteiger partial charge in [-0.25, -0.2) is 18.0 Å². The first kappa shape index (κ1) is 28.9. The second-order valence-electron chi connectivity index (χ2n) is 12.0. The predicted molar refractivity (Wildman–Crippen MR) is 145 cm³/mol. The Morgan fingerprint density at radius 3 is 2.26 bits per heavy atom. The number of urea groups is 1. The van der Waals surface area contributed by atoms with Crippen LogP contribution in [-0.4, -0.2) is 61.5 Å². The van der Waals surface area contributed by atoms with Crippen LogP contribution in [0.5, 0.6) is 0 Å². The fourth-order valence-corrected chi connectivity index (χ4v) is 6.47. The minimum atomic E-state index is -0.904. The summed E-state index contributed by atoms with van der Waals surface area (Å²) < 4.78 is 42.7. The number of nitrogens with zero attached hydrogens (tertiary/aromatic N) is 2. The van der Waals surface area contributed by atoms with Crippen LogP contribution < -0.4 is 11.1 Å². The number of nitrogens with one attached hydrogen (secondary N) is 1. The van der Waals surface area contributed by atoms with E-state index in [1.54, 1.807) is 7.05 Å². The number of piperidine rings is 1. The van der Waals surface area contributed by atoms with Gasteiger partial charge in [0, 0.05) is 51.8 Å². The van der Waals surface area contributed by atoms with Gasteiger partial charge in [0.1, 0.15) is 17.5 Å². The lowest BCUT2D eigenvalue weighted by Crippen LogP contribution is -2.56. The molecule has 212 valence electrons. The second kappa shape index (κ2) is 11.2. The summed E-state index contributed by atoms with van der Waals surface area (Å²) in [4.78, 5) is 29.0. The highest BCUT2D eigenvalue weighted by Gasteiger charge is 2.58. The number of amides is 3. The lowest BCUT2D eigenvalue weighted by atomic mass is 9.58. The van der Waals surface area contributed by atoms with Crippen molar-refractivity contribution < 1.29 is 22.8 Å². The van der Waals surface area contributed by atoms with Gasteiger partial charge < -0.3 is 20.9 Å². The molecule has 39 heavy (non-hydrogen) atoms. The van der Waals surface area contributed by atoms with Crippen LogP contribution in [-0.2, 0) is 11.2 Å². The zero-order chi connectivity index (χ0) is 28.5. The van der Waals surface area contributed by atoms with E-state index in [1.165, 1.54) is 29.2 Å². The summed E-state index contributed by atoms with van der Waals surface area (Å²) in [7, 11) is 1.61. The Balaban J connectivity index is 1.55. The molecule has 2 fully saturated rings. The number of benzene rings is 2. The van der Waals surface area contributed by atoms with E-state index in [1.807, 2.05) is 31.7 Å². The first-order chi connectivity index (χ1) is 18.3. The molecule has 0 spiro atoms. The molecule has 2 aromatic carbocycles. The van der Waals surface area contributed by atoms with Gasteiger partial charge in [-0.15, -0.1) is 0 Å². The van der Waals surface area contributed by atoms with E-state index in [2.05, 4.69) is 5.32 Å². The molecule has 3 N–H and O–H groups in total. The minimum Gasteiger partial charge on any atom is -0.351 e. The number of likely N-dealkylation sites (tertiary alicyclic amines) is 1. The number of likely N-dealkylation sites (N-methyl/N-ethyl adjacent to an activating group) is 1. The van der Waals surface area contributed by atoms with Gasteiger partial charge in [0.05, 0.1) is 5.41 Å². The fourth-order valence-electron chi connectivity index (χ4n) is 6.47. The molecule has 4 rings (SSSR count). The van der Waals surface area contributed by atoms with Gasteiger partial charge in [0.2, 0.25) is 5.91 Å². The van der Waals surface area contributed by atoms with Gasteiger partial charge in [-0.1, -0.05) is 32.9 Å². The molecule has 6 nitrogen and oxygen atoms in total. The quantitative estimate of drug-likeness (QED) is 0.549. The highest BCUT2D eigenvalue weighted by atomic mass is 19.1. The Hall–Kier alpha value is -3.07. The van der Waals surface area contributed by atoms with Crippen LogP contribution in [0.4, 0.5) is 18.0 Å². The first-order valence-corrected chi connectivity index (χ1v) is 13.6. The van der Waals surface area contributed by atoms with Crippen molar-refractivity contribution in [3.05, 3.63) is 70.5 Å². The van der Waals surface area contributed by atoms with E-state index in [4.69, 9.17) is 5.73 Å². The van der Waals surface area contributed by atoms with Crippen LogP contribution >= 0.6 is 0 Å². The molecular formula is C30H39F3N4O2. The van der Waals surface area contributed by atoms with Gasteiger partial charge in [0.15, 0.2) is 0 Å². The maximum Gasteiger partial charge on any atom is 0.314 e. The molecule has 2 atom stereocenters. The first-order valence-electron chi connectivity index (χ1n) is 13.6. The average Bonchev–Trinajstić information content (AvgIpc) is 3.33. The summed E-state index contributed by atoms with van der Waals surface area (Å²) in [5.41, 5.74) is 6.17. The van der Waals surface area contributed by atoms with E-state index in [-0.39, 0.29) is 17.6 Å². The van der Waals surface area contributed by atoms with Crippen molar-refractivity contribution in [2.45, 2.75) is 51.9 Å². The molecule has 0 saturated carbocycles. The Kier molecular flexibility index (Phi) is 8.30. The fraction of sp³-hybridized carbons (Fsp3) is 0.533. The molecule has 0 bridgehead atoms. The van der Waals surface area contributed by atoms with E-state index >= 15 is 0 Å². The zero-order valence-electron chi connectivity index (χ0n) is 23.2. The van der Waals surface area contributed by atoms with Crippen molar-refractivity contribution in [3.63, 3.8) is 0 Å². The molecule has 2 aliphatic rings. The molecular weight excluding hydrogens is 505 g/mol. The number of hydrogen-bond donors (Lipinski definition) is 2. The summed E-state index contributed by atoms with van der Waals surface area (Å²) >= 11 is 0. The van der Waals surface area contributed by atoms with Crippen molar-refractivity contribution in [1.82, 2.24) is 15.1 Å². The molecule has 2 heterocycles. The lowest BCUT2D eigenvalue weighted by Gasteiger charge is -2.48. The molecule has 2 aliphatic heterocycles. The van der Waals surface area contributed by atoms with E-state index in [9.17, 15) is 22.8 Å². The normalized spacial score (nSPS) is 22.2. The monoisotopic (exact) mass is 544 g/mol. The van der Waals surface area contributed by atoms with Crippen LogP contribution in [0.1, 0.15) is 62.1 Å². The number of primary amides is 1. The Labute approximate surface area is 228 Å². The van der Waals surface area contributed by atoms with E-state index < -0.39 is 34.4 Å². The van der Waals surface area contributed by atoms with Crippen LogP contribution in [0.2, 0.25) is 0 Å². The number of rotatable bonds is 6. The number of hydrogen-bond acceptors (Lipinski definition) is 3. The Bertz CT molecular complexity index is 1220. The van der Waals surface area contributed by atoms with Crippen molar-refractivity contribution in [2.75, 3.05) is 39.8 Å². The van der Waals surface area contributed by atoms with E-state index in [0.717, 1.165) is 17.2 Å². The molecule has 2 aromatic rings. The molecule has 0 radical (unpaired) electrons. The molecule has 2 saturated heterocycles. The smallest absolute Gasteiger partial charge is 0.314 e. The van der Waals surface area contributed by atoms with E-state index in [0.29, 0.717) is 57.5 Å². The molecule has 9 heteroatoms. The van der Waals surface area contributed by atoms with Crippen molar-refractivity contribution >= 4 is 11.9 Å². The standard InChI is InChI=1S/C30H39F3N4O2/c1-29(2,3)30(18-35-17-25(30)24-8-6-22(32)16-26(24)33)27(38)37-13-10-19(11-14-37)23-7-5-21(31)15-20(23)9-12-36(4)28(34)39/h5-8,15-16,19,25,35H,9-14,17-18H2,1-4H3,(H2,34,39)/t25-,30+/m0/s1. The topological polar surface area (TPSA) is 78.7 Å². The summed E-state index contributed by atoms with van der Waals surface area (Å²) in [5, 5.41) is 3.33. The largest absolute Gasteiger partial charge is 0.351 e. The van der Waals surface area contributed by atoms with Crippen molar-refractivity contribution in [1.29, 1.82) is 0 Å². The summed E-state index contributed by atoms with van der Waals surface area (Å²) in [6.45, 7) is 8.29. The summed E-state index contributed by atoms with van der Waals surface area (Å²) in [6, 6.07) is 7.85. The average molecular weight is 545 g/mol. The number of nitrogens with two attached hydrogens (primary N) is 1. The zero-order valence-corrected chi connectivity index (χ0v) is 23.2. The molecule has 3 amide bonds. The van der Waals surface area contributed by atoms with Crippen molar-refractivity contribution in [3.8, 4) is 0 Å². The second-order valence-corrected chi connectivity index (χ2v) is 12.0. The SMILES string of the molecule is CN(CCc1cc(F)ccc1C1CCN(C(=O)[C@@]2(C(C)(C)C)CNC[C@H]2c2ccc(F)cc2F)CC1)C(N)=O. The summed E-state index contributed by atoms with van der Waals surface area (Å²) in [6.07, 6.45) is 1.90. The van der Waals surface area contributed by atoms with Gasteiger partial charge >= 0.3 is 6.03 Å². The predicted octanol–water partition coefficient (Wildman–Crippen LogP) is 4.78. The van der Waals surface area contributed by atoms with Crippen LogP contribution in [0.15, 0.2) is 36.4 Å². The maximum atomic E-state index is 15.0. The third kappa shape index (κ3) is 5.64. The van der Waals surface area contributed by atoms with Crippen LogP contribution in [0, 0.1) is 28.3 Å². The number of halogens is 3. The van der Waals surface area contributed by atoms with Gasteiger partial charge in [-0.2, -0.15) is 0 Å². The summed E-state index contributed by atoms with van der Waals surface area (Å²) in [5.74, 6) is -1.92. The minimum absolute atomic E-state index is 0.0189. The van der Waals surface area contributed by atoms with Gasteiger partial charge in [-0.05, 0) is 65.5 Å². The lowest BCUT2D eigenvalue weighted by molar-refractivity contribution is -0.150. The number of carbonyl (C=O) groups excluding carboxylic acids is 2. The number of carbonyl (C=O) groups is 2. The van der Waals surface area contributed by atoms with Crippen LogP contribution in [0.25, 0.3) is 0 Å². The molecule has 0 unspecified atom stereocenters. The third-order valence-corrected chi connectivity index (χ3v) is 8.82. The highest BCUT2D eigenvalue weighted by Crippen LogP contribution is 2.53. The molecule has 0 aromatic heterocycles. The van der Waals surface area contributed by atoms with Crippen LogP contribution in [0.3, 0.4) is 0 Å². The molecule has 0 aliphatic carbocycles. The Morgan fingerprint density at radius 1 is 1.05 bits per heavy atom. The Morgan fingerprint density at radius 2 is 1.67 bits per heavy atom. The third-order valence-electron chi connectivity index (χ3n) is 8.82. The van der Waals surface area contributed by atoms with Gasteiger partial charge in [0.25, 0.3) is 0 Å². The maximum absolute atomic E-state index is 15.0. The van der Waals surface area contributed by atoms with Crippen molar-refractivity contribution in [2.24, 2.45) is 16.6 Å². The highest BCUT2D eigenvalue weighted by molar-refractivity contribution is 5.86.